The molecule has 29 heavy (non-hydrogen) atoms. The molecule has 0 bridgehead atoms. The van der Waals surface area contributed by atoms with Gasteiger partial charge in [0.2, 0.25) is 0 Å². The second-order valence-electron chi connectivity index (χ2n) is 6.94. The Balaban J connectivity index is 2.02. The first-order valence-electron chi connectivity index (χ1n) is 10.4. The van der Waals surface area contributed by atoms with Gasteiger partial charge in [-0.3, -0.25) is 0 Å². The molecule has 0 fully saturated rings. The summed E-state index contributed by atoms with van der Waals surface area (Å²) in [5, 5.41) is 12.6. The smallest absolute Gasteiger partial charge is 0.175 e. The van der Waals surface area contributed by atoms with E-state index in [0.717, 1.165) is 35.3 Å². The first-order valence-corrected chi connectivity index (χ1v) is 10.4. The Morgan fingerprint density at radius 2 is 1.59 bits per heavy atom. The van der Waals surface area contributed by atoms with Crippen molar-refractivity contribution in [1.82, 2.24) is 15.4 Å². The largest absolute Gasteiger partial charge is 0.493 e. The van der Waals surface area contributed by atoms with Crippen LogP contribution < -0.4 is 9.47 Å². The molecular formula is C24H29N3O2. The van der Waals surface area contributed by atoms with E-state index in [4.69, 9.17) is 9.47 Å². The Hall–Kier alpha value is -2.95. The van der Waals surface area contributed by atoms with Gasteiger partial charge in [-0.2, -0.15) is 0 Å². The van der Waals surface area contributed by atoms with E-state index in [2.05, 4.69) is 35.3 Å². The fourth-order valence-corrected chi connectivity index (χ4v) is 3.39. The highest BCUT2D eigenvalue weighted by Crippen LogP contribution is 2.40. The molecule has 0 aliphatic heterocycles. The topological polar surface area (TPSA) is 57.1 Å². The summed E-state index contributed by atoms with van der Waals surface area (Å²) in [6.45, 7) is 5.04. The van der Waals surface area contributed by atoms with Crippen LogP contribution in [0.1, 0.15) is 45.1 Å². The third-order valence-electron chi connectivity index (χ3n) is 4.95. The van der Waals surface area contributed by atoms with E-state index in [9.17, 15) is 0 Å². The molecule has 0 saturated carbocycles. The number of aryl methyl sites for hydroxylation is 1. The molecule has 0 N–H and O–H groups in total. The molecule has 1 aromatic heterocycles. The lowest BCUT2D eigenvalue weighted by molar-refractivity contribution is 0.303. The summed E-state index contributed by atoms with van der Waals surface area (Å²) in [5.74, 6) is 1.47. The van der Waals surface area contributed by atoms with Crippen LogP contribution in [0.2, 0.25) is 0 Å². The van der Waals surface area contributed by atoms with Gasteiger partial charge in [0.25, 0.3) is 0 Å². The van der Waals surface area contributed by atoms with E-state index in [0.29, 0.717) is 23.7 Å². The van der Waals surface area contributed by atoms with Crippen molar-refractivity contribution in [2.75, 3.05) is 13.7 Å². The highest BCUT2D eigenvalue weighted by atomic mass is 16.5. The number of unbranched alkanes of at least 4 members (excludes halogenated alkanes) is 3. The predicted molar refractivity (Wildman–Crippen MR) is 116 cm³/mol. The van der Waals surface area contributed by atoms with Crippen molar-refractivity contribution in [3.63, 3.8) is 0 Å². The van der Waals surface area contributed by atoms with Crippen LogP contribution in [0.5, 0.6) is 11.5 Å². The predicted octanol–water partition coefficient (Wildman–Crippen LogP) is 5.74. The average molecular weight is 392 g/mol. The number of aromatic nitrogens is 3. The number of ether oxygens (including phenoxy) is 2. The molecule has 3 rings (SSSR count). The van der Waals surface area contributed by atoms with Crippen molar-refractivity contribution in [3.8, 4) is 34.0 Å². The molecule has 0 amide bonds. The van der Waals surface area contributed by atoms with Gasteiger partial charge in [0.05, 0.1) is 13.7 Å². The summed E-state index contributed by atoms with van der Waals surface area (Å²) in [7, 11) is 1.64. The zero-order valence-corrected chi connectivity index (χ0v) is 17.5. The molecule has 3 aromatic rings. The molecule has 5 nitrogen and oxygen atoms in total. The van der Waals surface area contributed by atoms with Gasteiger partial charge in [0.1, 0.15) is 17.1 Å². The molecule has 0 aliphatic rings. The van der Waals surface area contributed by atoms with E-state index in [1.165, 1.54) is 19.3 Å². The maximum Gasteiger partial charge on any atom is 0.175 e. The summed E-state index contributed by atoms with van der Waals surface area (Å²) >= 11 is 0. The number of benzene rings is 2. The fraction of sp³-hybridized carbons (Fsp3) is 0.375. The minimum absolute atomic E-state index is 0.607. The van der Waals surface area contributed by atoms with Crippen LogP contribution in [0.15, 0.2) is 48.5 Å². The van der Waals surface area contributed by atoms with Gasteiger partial charge < -0.3 is 9.47 Å². The molecule has 0 atom stereocenters. The van der Waals surface area contributed by atoms with Gasteiger partial charge in [0, 0.05) is 11.1 Å². The quantitative estimate of drug-likeness (QED) is 0.413. The van der Waals surface area contributed by atoms with Crippen LogP contribution >= 0.6 is 0 Å². The third kappa shape index (κ3) is 4.91. The van der Waals surface area contributed by atoms with Gasteiger partial charge in [0.15, 0.2) is 5.75 Å². The van der Waals surface area contributed by atoms with Crippen molar-refractivity contribution >= 4 is 0 Å². The SMILES string of the molecule is CCCCCCOc1c(CC)cccc1-c1nnnc(-c2ccccc2)c1OC. The molecule has 0 radical (unpaired) electrons. The Morgan fingerprint density at radius 1 is 0.793 bits per heavy atom. The van der Waals surface area contributed by atoms with Gasteiger partial charge >= 0.3 is 0 Å². The second-order valence-corrected chi connectivity index (χ2v) is 6.94. The number of hydrogen-bond acceptors (Lipinski definition) is 5. The van der Waals surface area contributed by atoms with Gasteiger partial charge in [-0.25, -0.2) is 0 Å². The van der Waals surface area contributed by atoms with Crippen LogP contribution in [0, 0.1) is 0 Å². The maximum absolute atomic E-state index is 6.26. The first kappa shape index (κ1) is 20.8. The number of nitrogens with zero attached hydrogens (tertiary/aromatic N) is 3. The van der Waals surface area contributed by atoms with Crippen LogP contribution in [0.25, 0.3) is 22.5 Å². The second kappa shape index (κ2) is 10.6. The van der Waals surface area contributed by atoms with Crippen LogP contribution in [-0.2, 0) is 6.42 Å². The van der Waals surface area contributed by atoms with Crippen molar-refractivity contribution < 1.29 is 9.47 Å². The van der Waals surface area contributed by atoms with Crippen molar-refractivity contribution in [1.29, 1.82) is 0 Å². The number of hydrogen-bond donors (Lipinski definition) is 0. The normalized spacial score (nSPS) is 10.7. The van der Waals surface area contributed by atoms with E-state index in [1.54, 1.807) is 7.11 Å². The minimum atomic E-state index is 0.607. The van der Waals surface area contributed by atoms with Crippen molar-refractivity contribution in [3.05, 3.63) is 54.1 Å². The molecule has 5 heteroatoms. The summed E-state index contributed by atoms with van der Waals surface area (Å²) < 4.78 is 12.0. The molecule has 0 saturated heterocycles. The Labute approximate surface area is 173 Å². The van der Waals surface area contributed by atoms with Gasteiger partial charge in [-0.1, -0.05) is 75.6 Å². The monoisotopic (exact) mass is 391 g/mol. The molecule has 152 valence electrons. The lowest BCUT2D eigenvalue weighted by atomic mass is 10.0. The molecule has 1 heterocycles. The summed E-state index contributed by atoms with van der Waals surface area (Å²) in [6, 6.07) is 16.0. The average Bonchev–Trinajstić information content (AvgIpc) is 2.78. The summed E-state index contributed by atoms with van der Waals surface area (Å²) in [5.41, 5.74) is 4.31. The summed E-state index contributed by atoms with van der Waals surface area (Å²) in [6.07, 6.45) is 5.54. The molecule has 0 spiro atoms. The minimum Gasteiger partial charge on any atom is -0.493 e. The number of methoxy groups -OCH3 is 1. The van der Waals surface area contributed by atoms with Gasteiger partial charge in [-0.05, 0) is 29.7 Å². The lowest BCUT2D eigenvalue weighted by Crippen LogP contribution is -2.05. The molecule has 0 unspecified atom stereocenters. The fourth-order valence-electron chi connectivity index (χ4n) is 3.39. The highest BCUT2D eigenvalue weighted by molar-refractivity contribution is 5.80. The van der Waals surface area contributed by atoms with Crippen LogP contribution in [0.3, 0.4) is 0 Å². The first-order chi connectivity index (χ1) is 14.3. The zero-order valence-electron chi connectivity index (χ0n) is 17.5. The van der Waals surface area contributed by atoms with E-state index >= 15 is 0 Å². The molecule has 2 aromatic carbocycles. The molecular weight excluding hydrogens is 362 g/mol. The molecule has 0 aliphatic carbocycles. The standard InChI is InChI=1S/C24H29N3O2/c1-4-6-7-11-17-29-23-18(5-2)15-12-16-20(23)22-24(28-3)21(25-27-26-22)19-13-9-8-10-14-19/h8-10,12-16H,4-7,11,17H2,1-3H3. The Kier molecular flexibility index (Phi) is 7.56. The summed E-state index contributed by atoms with van der Waals surface area (Å²) in [4.78, 5) is 0. The van der Waals surface area contributed by atoms with E-state index in [1.807, 2.05) is 42.5 Å². The van der Waals surface area contributed by atoms with Crippen LogP contribution in [0.4, 0.5) is 0 Å². The van der Waals surface area contributed by atoms with E-state index in [-0.39, 0.29) is 0 Å². The van der Waals surface area contributed by atoms with E-state index < -0.39 is 0 Å². The van der Waals surface area contributed by atoms with Gasteiger partial charge in [-0.15, -0.1) is 10.2 Å². The van der Waals surface area contributed by atoms with Crippen molar-refractivity contribution in [2.24, 2.45) is 0 Å². The zero-order chi connectivity index (χ0) is 20.5. The Bertz CT molecular complexity index is 913. The Morgan fingerprint density at radius 3 is 2.31 bits per heavy atom. The maximum atomic E-state index is 6.26. The number of para-hydroxylation sites is 1. The van der Waals surface area contributed by atoms with Crippen LogP contribution in [-0.4, -0.2) is 29.1 Å². The third-order valence-corrected chi connectivity index (χ3v) is 4.95. The van der Waals surface area contributed by atoms with Crippen molar-refractivity contribution in [2.45, 2.75) is 46.0 Å². The number of rotatable bonds is 10. The highest BCUT2D eigenvalue weighted by Gasteiger charge is 2.21. The lowest BCUT2D eigenvalue weighted by Gasteiger charge is -2.17.